The summed E-state index contributed by atoms with van der Waals surface area (Å²) in [5.41, 5.74) is 1.22. The number of hydrogen-bond acceptors (Lipinski definition) is 3. The monoisotopic (exact) mass is 468 g/mol. The van der Waals surface area contributed by atoms with Gasteiger partial charge in [-0.3, -0.25) is 4.98 Å². The summed E-state index contributed by atoms with van der Waals surface area (Å²) < 4.78 is 14.8. The molecule has 0 aliphatic rings. The minimum atomic E-state index is -1.16. The molecule has 0 atom stereocenters. The van der Waals surface area contributed by atoms with E-state index in [4.69, 9.17) is 11.6 Å². The quantitative estimate of drug-likeness (QED) is 0.490. The number of nitrogens with zero attached hydrogens (tertiary/aromatic N) is 1. The number of carbonyl (C=O) groups is 1. The SMILES string of the molecule is O=C(O)c1c(Nc2ccc(I)cc2F)cncc1-c1ccccc1Cl. The maximum Gasteiger partial charge on any atom is 0.338 e. The zero-order valence-corrected chi connectivity index (χ0v) is 15.5. The maximum atomic E-state index is 14.1. The van der Waals surface area contributed by atoms with Gasteiger partial charge >= 0.3 is 5.97 Å². The van der Waals surface area contributed by atoms with Gasteiger partial charge in [-0.1, -0.05) is 29.8 Å². The van der Waals surface area contributed by atoms with E-state index < -0.39 is 11.8 Å². The molecule has 7 heteroatoms. The molecule has 0 radical (unpaired) electrons. The van der Waals surface area contributed by atoms with Crippen LogP contribution in [0.15, 0.2) is 54.9 Å². The van der Waals surface area contributed by atoms with Crippen LogP contribution in [-0.2, 0) is 0 Å². The molecule has 1 aromatic heterocycles. The molecular weight excluding hydrogens is 458 g/mol. The number of aromatic carboxylic acids is 1. The lowest BCUT2D eigenvalue weighted by Gasteiger charge is -2.14. The molecule has 2 N–H and O–H groups in total. The fourth-order valence-electron chi connectivity index (χ4n) is 2.41. The molecule has 0 bridgehead atoms. The van der Waals surface area contributed by atoms with Crippen LogP contribution in [0.25, 0.3) is 11.1 Å². The average Bonchev–Trinajstić information content (AvgIpc) is 2.57. The number of benzene rings is 2. The lowest BCUT2D eigenvalue weighted by molar-refractivity contribution is 0.0698. The Morgan fingerprint density at radius 2 is 1.88 bits per heavy atom. The van der Waals surface area contributed by atoms with Crippen LogP contribution < -0.4 is 5.32 Å². The highest BCUT2D eigenvalue weighted by molar-refractivity contribution is 14.1. The largest absolute Gasteiger partial charge is 0.478 e. The maximum absolute atomic E-state index is 14.1. The second-order valence-electron chi connectivity index (χ2n) is 5.14. The first-order valence-electron chi connectivity index (χ1n) is 7.15. The van der Waals surface area contributed by atoms with E-state index in [0.29, 0.717) is 16.1 Å². The molecule has 4 nitrogen and oxygen atoms in total. The summed E-state index contributed by atoms with van der Waals surface area (Å²) in [5.74, 6) is -1.64. The van der Waals surface area contributed by atoms with Gasteiger partial charge in [0.2, 0.25) is 0 Å². The van der Waals surface area contributed by atoms with Gasteiger partial charge < -0.3 is 10.4 Å². The van der Waals surface area contributed by atoms with Crippen molar-refractivity contribution in [2.24, 2.45) is 0 Å². The van der Waals surface area contributed by atoms with Crippen LogP contribution in [0.4, 0.5) is 15.8 Å². The van der Waals surface area contributed by atoms with E-state index in [-0.39, 0.29) is 16.9 Å². The summed E-state index contributed by atoms with van der Waals surface area (Å²) in [6.45, 7) is 0. The molecule has 3 rings (SSSR count). The van der Waals surface area contributed by atoms with Crippen LogP contribution >= 0.6 is 34.2 Å². The number of carboxylic acids is 1. The van der Waals surface area contributed by atoms with Crippen LogP contribution in [-0.4, -0.2) is 16.1 Å². The fraction of sp³-hybridized carbons (Fsp3) is 0. The second kappa shape index (κ2) is 7.37. The average molecular weight is 469 g/mol. The van der Waals surface area contributed by atoms with E-state index in [1.54, 1.807) is 36.4 Å². The number of carboxylic acid groups (broad SMARTS) is 1. The van der Waals surface area contributed by atoms with Gasteiger partial charge in [0.25, 0.3) is 0 Å². The van der Waals surface area contributed by atoms with E-state index in [2.05, 4.69) is 10.3 Å². The summed E-state index contributed by atoms with van der Waals surface area (Å²) >= 11 is 8.19. The minimum absolute atomic E-state index is 0.0268. The first-order chi connectivity index (χ1) is 12.0. The molecule has 0 aliphatic carbocycles. The molecule has 0 unspecified atom stereocenters. The molecule has 1 heterocycles. The third-order valence-electron chi connectivity index (χ3n) is 3.52. The molecule has 0 spiro atoms. The summed E-state index contributed by atoms with van der Waals surface area (Å²) in [6, 6.07) is 11.5. The lowest BCUT2D eigenvalue weighted by Crippen LogP contribution is -2.07. The number of hydrogen-bond donors (Lipinski definition) is 2. The number of rotatable bonds is 4. The molecule has 0 saturated carbocycles. The highest BCUT2D eigenvalue weighted by Crippen LogP contribution is 2.34. The van der Waals surface area contributed by atoms with Gasteiger partial charge in [0.1, 0.15) is 5.82 Å². The Balaban J connectivity index is 2.13. The Bertz CT molecular complexity index is 966. The van der Waals surface area contributed by atoms with Crippen molar-refractivity contribution in [1.29, 1.82) is 0 Å². The topological polar surface area (TPSA) is 62.2 Å². The molecule has 126 valence electrons. The highest BCUT2D eigenvalue weighted by Gasteiger charge is 2.20. The predicted molar refractivity (Wildman–Crippen MR) is 104 cm³/mol. The Kier molecular flexibility index (Phi) is 5.19. The minimum Gasteiger partial charge on any atom is -0.478 e. The molecule has 0 aliphatic heterocycles. The molecule has 2 aromatic carbocycles. The van der Waals surface area contributed by atoms with Crippen LogP contribution in [0.3, 0.4) is 0 Å². The Labute approximate surface area is 161 Å². The zero-order chi connectivity index (χ0) is 18.0. The van der Waals surface area contributed by atoms with Gasteiger partial charge in [0, 0.05) is 25.9 Å². The fourth-order valence-corrected chi connectivity index (χ4v) is 3.10. The lowest BCUT2D eigenvalue weighted by atomic mass is 10.0. The van der Waals surface area contributed by atoms with E-state index >= 15 is 0 Å². The molecule has 3 aromatic rings. The number of pyridine rings is 1. The van der Waals surface area contributed by atoms with Gasteiger partial charge in [-0.05, 0) is 46.9 Å². The Hall–Kier alpha value is -2.19. The van der Waals surface area contributed by atoms with Crippen LogP contribution in [0.1, 0.15) is 10.4 Å². The Morgan fingerprint density at radius 1 is 1.12 bits per heavy atom. The zero-order valence-electron chi connectivity index (χ0n) is 12.6. The molecule has 0 fully saturated rings. The number of halogens is 3. The van der Waals surface area contributed by atoms with Crippen molar-refractivity contribution in [2.45, 2.75) is 0 Å². The third-order valence-corrected chi connectivity index (χ3v) is 4.52. The van der Waals surface area contributed by atoms with E-state index in [9.17, 15) is 14.3 Å². The van der Waals surface area contributed by atoms with Crippen molar-refractivity contribution in [3.05, 3.63) is 74.8 Å². The third kappa shape index (κ3) is 3.74. The van der Waals surface area contributed by atoms with Crippen molar-refractivity contribution in [2.75, 3.05) is 5.32 Å². The molecular formula is C18H11ClFIN2O2. The van der Waals surface area contributed by atoms with Crippen LogP contribution in [0.2, 0.25) is 5.02 Å². The van der Waals surface area contributed by atoms with Crippen LogP contribution in [0, 0.1) is 9.39 Å². The number of nitrogens with one attached hydrogen (secondary N) is 1. The summed E-state index contributed by atoms with van der Waals surface area (Å²) in [4.78, 5) is 15.9. The first kappa shape index (κ1) is 17.6. The summed E-state index contributed by atoms with van der Waals surface area (Å²) in [7, 11) is 0. The summed E-state index contributed by atoms with van der Waals surface area (Å²) in [6.07, 6.45) is 2.78. The van der Waals surface area contributed by atoms with Crippen molar-refractivity contribution < 1.29 is 14.3 Å². The van der Waals surface area contributed by atoms with Gasteiger partial charge in [0.15, 0.2) is 0 Å². The molecule has 0 amide bonds. The standard InChI is InChI=1S/C18H11ClFIN2O2/c19-13-4-2-1-3-11(13)12-8-22-9-16(17(12)18(24)25)23-15-6-5-10(21)7-14(15)20/h1-9,23H,(H,24,25). The second-order valence-corrected chi connectivity index (χ2v) is 6.80. The van der Waals surface area contributed by atoms with E-state index in [1.165, 1.54) is 18.5 Å². The van der Waals surface area contributed by atoms with Crippen molar-refractivity contribution in [1.82, 2.24) is 4.98 Å². The number of anilines is 2. The van der Waals surface area contributed by atoms with Crippen LogP contribution in [0.5, 0.6) is 0 Å². The van der Waals surface area contributed by atoms with Gasteiger partial charge in [-0.2, -0.15) is 0 Å². The molecule has 25 heavy (non-hydrogen) atoms. The highest BCUT2D eigenvalue weighted by atomic mass is 127. The van der Waals surface area contributed by atoms with Crippen molar-refractivity contribution in [3.8, 4) is 11.1 Å². The smallest absolute Gasteiger partial charge is 0.338 e. The first-order valence-corrected chi connectivity index (χ1v) is 8.61. The normalized spacial score (nSPS) is 10.5. The number of aromatic nitrogens is 1. The van der Waals surface area contributed by atoms with E-state index in [1.807, 2.05) is 22.6 Å². The molecule has 0 saturated heterocycles. The van der Waals surface area contributed by atoms with Gasteiger partial charge in [-0.15, -0.1) is 0 Å². The van der Waals surface area contributed by atoms with E-state index in [0.717, 1.165) is 3.57 Å². The Morgan fingerprint density at radius 3 is 2.56 bits per heavy atom. The van der Waals surface area contributed by atoms with Gasteiger partial charge in [0.05, 0.1) is 23.1 Å². The summed E-state index contributed by atoms with van der Waals surface area (Å²) in [5, 5.41) is 12.9. The van der Waals surface area contributed by atoms with Gasteiger partial charge in [-0.25, -0.2) is 9.18 Å². The van der Waals surface area contributed by atoms with Crippen molar-refractivity contribution >= 4 is 51.5 Å². The van der Waals surface area contributed by atoms with Crippen molar-refractivity contribution in [3.63, 3.8) is 0 Å². The predicted octanol–water partition coefficient (Wildman–Crippen LogP) is 5.59.